The quantitative estimate of drug-likeness (QED) is 0.124. The Morgan fingerprint density at radius 3 is 1.36 bits per heavy atom. The van der Waals surface area contributed by atoms with Gasteiger partial charge >= 0.3 is 23.8 Å². The third-order valence-corrected chi connectivity index (χ3v) is 5.54. The van der Waals surface area contributed by atoms with Gasteiger partial charge in [-0.2, -0.15) is 10.2 Å². The molecular weight excluding hydrogens is 544 g/mol. The van der Waals surface area contributed by atoms with Crippen molar-refractivity contribution < 1.29 is 37.5 Å². The monoisotopic (exact) mass is 570 g/mol. The molecule has 0 radical (unpaired) electrons. The molecule has 0 saturated heterocycles. The second kappa shape index (κ2) is 14.0. The third-order valence-electron chi connectivity index (χ3n) is 5.54. The molecular formula is C30H26N4O8. The molecule has 0 saturated carbocycles. The number of hydrogen-bond donors (Lipinski definition) is 2. The normalized spacial score (nSPS) is 11.0. The number of hydrogen-bond acceptors (Lipinski definition) is 10. The van der Waals surface area contributed by atoms with Gasteiger partial charge < -0.3 is 18.3 Å². The van der Waals surface area contributed by atoms with Crippen molar-refractivity contribution in [1.82, 2.24) is 10.9 Å². The van der Waals surface area contributed by atoms with E-state index in [4.69, 9.17) is 18.3 Å². The third kappa shape index (κ3) is 7.66. The Bertz CT molecular complexity index is 1490. The summed E-state index contributed by atoms with van der Waals surface area (Å²) in [6, 6.07) is 20.0. The number of hydrazone groups is 2. The van der Waals surface area contributed by atoms with Crippen molar-refractivity contribution in [3.8, 4) is 22.6 Å². The molecule has 0 spiro atoms. The number of carbonyl (C=O) groups is 4. The average Bonchev–Trinajstić information content (AvgIpc) is 3.68. The highest BCUT2D eigenvalue weighted by Crippen LogP contribution is 2.23. The molecule has 2 aromatic carbocycles. The zero-order valence-corrected chi connectivity index (χ0v) is 22.7. The van der Waals surface area contributed by atoms with Gasteiger partial charge in [-0.25, -0.2) is 20.4 Å². The summed E-state index contributed by atoms with van der Waals surface area (Å²) >= 11 is 0. The highest BCUT2D eigenvalue weighted by atomic mass is 16.5. The maximum Gasteiger partial charge on any atom is 0.338 e. The van der Waals surface area contributed by atoms with Crippen molar-refractivity contribution in [1.29, 1.82) is 0 Å². The molecule has 2 N–H and O–H groups in total. The van der Waals surface area contributed by atoms with Gasteiger partial charge in [-0.15, -0.1) is 0 Å². The van der Waals surface area contributed by atoms with E-state index in [1.165, 1.54) is 12.4 Å². The molecule has 12 heteroatoms. The van der Waals surface area contributed by atoms with E-state index in [2.05, 4.69) is 21.1 Å². The standard InChI is InChI=1S/C30H26N4O8/c1-3-39-29(37)21-9-5-19(6-10-21)25-15-13-23(41-25)17-31-33-27(35)28(36)34-32-18-24-14-16-26(42-24)20-7-11-22(12-8-20)30(38)40-4-2/h5-18H,3-4H2,1-2H3,(H,33,35)(H,34,36)/b31-17+,32-18?. The number of ether oxygens (including phenoxy) is 2. The van der Waals surface area contributed by atoms with Gasteiger partial charge in [0.1, 0.15) is 23.0 Å². The zero-order chi connectivity index (χ0) is 29.9. The second-order valence-electron chi connectivity index (χ2n) is 8.40. The van der Waals surface area contributed by atoms with Crippen molar-refractivity contribution in [2.75, 3.05) is 13.2 Å². The summed E-state index contributed by atoms with van der Waals surface area (Å²) in [4.78, 5) is 47.6. The van der Waals surface area contributed by atoms with E-state index < -0.39 is 23.8 Å². The number of rotatable bonds is 10. The molecule has 2 heterocycles. The van der Waals surface area contributed by atoms with Crippen LogP contribution in [-0.4, -0.2) is 49.4 Å². The first kappa shape index (κ1) is 29.2. The van der Waals surface area contributed by atoms with E-state index in [9.17, 15) is 19.2 Å². The van der Waals surface area contributed by atoms with E-state index in [1.54, 1.807) is 86.6 Å². The molecule has 12 nitrogen and oxygen atoms in total. The average molecular weight is 571 g/mol. The lowest BCUT2D eigenvalue weighted by Crippen LogP contribution is -2.35. The summed E-state index contributed by atoms with van der Waals surface area (Å²) in [5.41, 5.74) is 6.46. The maximum absolute atomic E-state index is 12.0. The fourth-order valence-corrected chi connectivity index (χ4v) is 3.54. The van der Waals surface area contributed by atoms with Crippen LogP contribution >= 0.6 is 0 Å². The molecule has 0 bridgehead atoms. The Morgan fingerprint density at radius 1 is 0.619 bits per heavy atom. The molecule has 4 aromatic rings. The van der Waals surface area contributed by atoms with Crippen molar-refractivity contribution in [2.24, 2.45) is 10.2 Å². The second-order valence-corrected chi connectivity index (χ2v) is 8.40. The van der Waals surface area contributed by atoms with Crippen molar-refractivity contribution in [3.63, 3.8) is 0 Å². The van der Waals surface area contributed by atoms with Gasteiger partial charge in [0, 0.05) is 11.1 Å². The highest BCUT2D eigenvalue weighted by molar-refractivity contribution is 6.35. The molecule has 214 valence electrons. The summed E-state index contributed by atoms with van der Waals surface area (Å²) in [6.45, 7) is 4.05. The van der Waals surface area contributed by atoms with E-state index in [0.29, 0.717) is 34.2 Å². The Balaban J connectivity index is 1.24. The maximum atomic E-state index is 12.0. The number of benzene rings is 2. The highest BCUT2D eigenvalue weighted by Gasteiger charge is 2.13. The predicted molar refractivity (Wildman–Crippen MR) is 152 cm³/mol. The Labute approximate surface area is 240 Å². The van der Waals surface area contributed by atoms with E-state index in [1.807, 2.05) is 0 Å². The van der Waals surface area contributed by atoms with Gasteiger partial charge in [0.05, 0.1) is 36.8 Å². The van der Waals surface area contributed by atoms with Gasteiger partial charge in [-0.05, 0) is 62.4 Å². The first-order valence-corrected chi connectivity index (χ1v) is 12.8. The molecule has 0 fully saturated rings. The van der Waals surface area contributed by atoms with Gasteiger partial charge in [-0.1, -0.05) is 24.3 Å². The molecule has 0 atom stereocenters. The number of nitrogens with one attached hydrogen (secondary N) is 2. The summed E-state index contributed by atoms with van der Waals surface area (Å²) in [5.74, 6) is -1.25. The number of furan rings is 2. The lowest BCUT2D eigenvalue weighted by Gasteiger charge is -2.02. The van der Waals surface area contributed by atoms with Gasteiger partial charge in [0.15, 0.2) is 0 Å². The van der Waals surface area contributed by atoms with Crippen LogP contribution in [-0.2, 0) is 19.1 Å². The molecule has 4 rings (SSSR count). The van der Waals surface area contributed by atoms with Crippen molar-refractivity contribution >= 4 is 36.2 Å². The fourth-order valence-electron chi connectivity index (χ4n) is 3.54. The van der Waals surface area contributed by atoms with Gasteiger partial charge in [0.25, 0.3) is 0 Å². The Kier molecular flexibility index (Phi) is 9.76. The van der Waals surface area contributed by atoms with E-state index >= 15 is 0 Å². The number of nitrogens with zero attached hydrogens (tertiary/aromatic N) is 2. The predicted octanol–water partition coefficient (Wildman–Crippen LogP) is 4.16. The van der Waals surface area contributed by atoms with E-state index in [0.717, 1.165) is 11.1 Å². The molecule has 0 aliphatic carbocycles. The van der Waals surface area contributed by atoms with Crippen LogP contribution in [0, 0.1) is 0 Å². The molecule has 0 aliphatic heterocycles. The summed E-state index contributed by atoms with van der Waals surface area (Å²) < 4.78 is 21.3. The van der Waals surface area contributed by atoms with E-state index in [-0.39, 0.29) is 13.2 Å². The molecule has 2 aromatic heterocycles. The van der Waals surface area contributed by atoms with Crippen molar-refractivity contribution in [3.05, 3.63) is 95.4 Å². The van der Waals surface area contributed by atoms with Crippen LogP contribution in [0.1, 0.15) is 46.1 Å². The van der Waals surface area contributed by atoms with Crippen molar-refractivity contribution in [2.45, 2.75) is 13.8 Å². The minimum absolute atomic E-state index is 0.289. The van der Waals surface area contributed by atoms with Crippen LogP contribution in [0.2, 0.25) is 0 Å². The van der Waals surface area contributed by atoms with Crippen LogP contribution < -0.4 is 10.9 Å². The summed E-state index contributed by atoms with van der Waals surface area (Å²) in [7, 11) is 0. The van der Waals surface area contributed by atoms with Crippen LogP contribution in [0.3, 0.4) is 0 Å². The Morgan fingerprint density at radius 2 is 1.00 bits per heavy atom. The SMILES string of the molecule is CCOC(=O)c1ccc(-c2ccc(C=NNC(=O)C(=O)N/N=C/c3ccc(-c4ccc(C(=O)OCC)cc4)o3)o2)cc1. The first-order valence-electron chi connectivity index (χ1n) is 12.8. The molecule has 2 amide bonds. The fraction of sp³-hybridized carbons (Fsp3) is 0.133. The minimum Gasteiger partial charge on any atom is -0.462 e. The van der Waals surface area contributed by atoms with Gasteiger partial charge in [-0.3, -0.25) is 9.59 Å². The smallest absolute Gasteiger partial charge is 0.338 e. The largest absolute Gasteiger partial charge is 0.462 e. The zero-order valence-electron chi connectivity index (χ0n) is 22.7. The minimum atomic E-state index is -1.05. The van der Waals surface area contributed by atoms with Crippen LogP contribution in [0.15, 0.2) is 91.8 Å². The number of esters is 2. The molecule has 42 heavy (non-hydrogen) atoms. The van der Waals surface area contributed by atoms with Gasteiger partial charge in [0.2, 0.25) is 0 Å². The summed E-state index contributed by atoms with van der Waals surface area (Å²) in [6.07, 6.45) is 2.46. The molecule has 0 unspecified atom stereocenters. The lowest BCUT2D eigenvalue weighted by atomic mass is 10.1. The first-order chi connectivity index (χ1) is 20.4. The molecule has 0 aliphatic rings. The van der Waals surface area contributed by atoms with Crippen LogP contribution in [0.25, 0.3) is 22.6 Å². The van der Waals surface area contributed by atoms with Crippen LogP contribution in [0.5, 0.6) is 0 Å². The number of carbonyl (C=O) groups excluding carboxylic acids is 4. The topological polar surface area (TPSA) is 162 Å². The lowest BCUT2D eigenvalue weighted by molar-refractivity contribution is -0.139. The summed E-state index contributed by atoms with van der Waals surface area (Å²) in [5, 5.41) is 7.44. The Hall–Kier alpha value is -5.78. The number of amides is 2. The van der Waals surface area contributed by atoms with Crippen LogP contribution in [0.4, 0.5) is 0 Å².